The summed E-state index contributed by atoms with van der Waals surface area (Å²) in [6.07, 6.45) is 0. The van der Waals surface area contributed by atoms with E-state index in [2.05, 4.69) is 0 Å². The highest BCUT2D eigenvalue weighted by atomic mass is 35.5. The van der Waals surface area contributed by atoms with E-state index in [1.165, 1.54) is 15.6 Å². The van der Waals surface area contributed by atoms with Crippen LogP contribution >= 0.6 is 23.7 Å². The Morgan fingerprint density at radius 2 is 1.82 bits per heavy atom. The van der Waals surface area contributed by atoms with Crippen molar-refractivity contribution in [3.8, 4) is 0 Å². The van der Waals surface area contributed by atoms with Gasteiger partial charge in [0.05, 0.1) is 10.9 Å². The fourth-order valence-corrected chi connectivity index (χ4v) is 5.39. The Hall–Kier alpha value is -0.670. The fraction of sp³-hybridized carbons (Fsp3) is 0.615. The van der Waals surface area contributed by atoms with E-state index in [9.17, 15) is 13.2 Å². The first-order valence-electron chi connectivity index (χ1n) is 6.85. The summed E-state index contributed by atoms with van der Waals surface area (Å²) >= 11 is 1.48. The molecule has 126 valence electrons. The number of amides is 1. The molecule has 2 N–H and O–H groups in total. The molecular weight excluding hydrogens is 346 g/mol. The van der Waals surface area contributed by atoms with Crippen molar-refractivity contribution in [1.82, 2.24) is 9.21 Å². The van der Waals surface area contributed by atoms with Crippen molar-refractivity contribution in [1.29, 1.82) is 0 Å². The van der Waals surface area contributed by atoms with Gasteiger partial charge in [0, 0.05) is 35.9 Å². The summed E-state index contributed by atoms with van der Waals surface area (Å²) in [5.74, 6) is -0.130. The lowest BCUT2D eigenvalue weighted by atomic mass is 10.2. The zero-order valence-corrected chi connectivity index (χ0v) is 15.4. The number of hydrogen-bond acceptors (Lipinski definition) is 5. The monoisotopic (exact) mass is 367 g/mol. The minimum Gasteiger partial charge on any atom is -0.339 e. The molecule has 1 aliphatic heterocycles. The third kappa shape index (κ3) is 3.80. The minimum absolute atomic E-state index is 0. The number of piperazine rings is 1. The first kappa shape index (κ1) is 19.4. The molecule has 2 heterocycles. The van der Waals surface area contributed by atoms with Gasteiger partial charge in [-0.3, -0.25) is 4.79 Å². The van der Waals surface area contributed by atoms with Crippen molar-refractivity contribution >= 4 is 39.7 Å². The Morgan fingerprint density at radius 1 is 1.27 bits per heavy atom. The summed E-state index contributed by atoms with van der Waals surface area (Å²) < 4.78 is 26.7. The highest BCUT2D eigenvalue weighted by Crippen LogP contribution is 2.28. The Labute approximate surface area is 141 Å². The number of thiophene rings is 1. The normalized spacial score (nSPS) is 17.9. The van der Waals surface area contributed by atoms with Crippen molar-refractivity contribution in [3.63, 3.8) is 0 Å². The van der Waals surface area contributed by atoms with E-state index in [0.29, 0.717) is 31.1 Å². The average molecular weight is 368 g/mol. The molecule has 1 saturated heterocycles. The second-order valence-corrected chi connectivity index (χ2v) is 8.66. The number of hydrogen-bond donors (Lipinski definition) is 1. The fourth-order valence-electron chi connectivity index (χ4n) is 2.44. The van der Waals surface area contributed by atoms with Crippen LogP contribution in [-0.4, -0.2) is 55.8 Å². The van der Waals surface area contributed by atoms with Gasteiger partial charge in [0.2, 0.25) is 15.9 Å². The van der Waals surface area contributed by atoms with Crippen molar-refractivity contribution in [2.75, 3.05) is 26.2 Å². The van der Waals surface area contributed by atoms with Crippen LogP contribution in [0.1, 0.15) is 16.7 Å². The van der Waals surface area contributed by atoms with Gasteiger partial charge >= 0.3 is 0 Å². The van der Waals surface area contributed by atoms with Crippen molar-refractivity contribution < 1.29 is 13.2 Å². The molecule has 6 nitrogen and oxygen atoms in total. The third-order valence-electron chi connectivity index (χ3n) is 3.55. The number of nitrogens with zero attached hydrogens (tertiary/aromatic N) is 2. The minimum atomic E-state index is -3.47. The second kappa shape index (κ2) is 7.27. The molecule has 2 rings (SSSR count). The van der Waals surface area contributed by atoms with Crippen LogP contribution in [0.2, 0.25) is 0 Å². The van der Waals surface area contributed by atoms with Gasteiger partial charge in [0.15, 0.2) is 0 Å². The number of nitrogens with two attached hydrogens (primary N) is 1. The molecule has 0 spiro atoms. The lowest BCUT2D eigenvalue weighted by Crippen LogP contribution is -2.53. The molecule has 0 bridgehead atoms. The number of sulfonamides is 1. The quantitative estimate of drug-likeness (QED) is 0.862. The summed E-state index contributed by atoms with van der Waals surface area (Å²) in [6, 6.07) is 1.17. The van der Waals surface area contributed by atoms with Gasteiger partial charge in [-0.15, -0.1) is 23.7 Å². The SMILES string of the molecule is Cc1cc(S(=O)(=O)N2CCN(C(=O)[C@H](C)N)CC2)c(C)s1.Cl. The van der Waals surface area contributed by atoms with Crippen LogP contribution in [-0.2, 0) is 14.8 Å². The van der Waals surface area contributed by atoms with Gasteiger partial charge in [0.25, 0.3) is 0 Å². The van der Waals surface area contributed by atoms with E-state index >= 15 is 0 Å². The standard InChI is InChI=1S/C13H21N3O3S2.ClH/c1-9-8-12(11(3)20-9)21(18,19)16-6-4-15(5-7-16)13(17)10(2)14;/h8,10H,4-7,14H2,1-3H3;1H/t10-;/m0./s1. The van der Waals surface area contributed by atoms with Gasteiger partial charge in [0.1, 0.15) is 0 Å². The first-order chi connectivity index (χ1) is 9.73. The van der Waals surface area contributed by atoms with E-state index in [1.807, 2.05) is 13.8 Å². The summed E-state index contributed by atoms with van der Waals surface area (Å²) in [5.41, 5.74) is 5.58. The zero-order valence-electron chi connectivity index (χ0n) is 12.9. The lowest BCUT2D eigenvalue weighted by Gasteiger charge is -2.34. The van der Waals surface area contributed by atoms with Gasteiger partial charge in [-0.1, -0.05) is 0 Å². The van der Waals surface area contributed by atoms with Crippen LogP contribution in [0.15, 0.2) is 11.0 Å². The smallest absolute Gasteiger partial charge is 0.244 e. The first-order valence-corrected chi connectivity index (χ1v) is 9.10. The van der Waals surface area contributed by atoms with E-state index in [4.69, 9.17) is 5.73 Å². The molecule has 1 atom stereocenters. The summed E-state index contributed by atoms with van der Waals surface area (Å²) in [7, 11) is -3.47. The molecule has 1 aromatic heterocycles. The van der Waals surface area contributed by atoms with Crippen molar-refractivity contribution in [2.45, 2.75) is 31.7 Å². The number of carbonyl (C=O) groups is 1. The molecule has 22 heavy (non-hydrogen) atoms. The van der Waals surface area contributed by atoms with E-state index in [-0.39, 0.29) is 18.3 Å². The number of rotatable bonds is 3. The number of aryl methyl sites for hydroxylation is 2. The molecular formula is C13H22ClN3O3S2. The lowest BCUT2D eigenvalue weighted by molar-refractivity contribution is -0.133. The molecule has 0 radical (unpaired) electrons. The van der Waals surface area contributed by atoms with Gasteiger partial charge in [-0.2, -0.15) is 4.31 Å². The molecule has 1 fully saturated rings. The maximum Gasteiger partial charge on any atom is 0.244 e. The van der Waals surface area contributed by atoms with Crippen LogP contribution in [0.5, 0.6) is 0 Å². The maximum atomic E-state index is 12.6. The Kier molecular flexibility index (Phi) is 6.40. The van der Waals surface area contributed by atoms with Gasteiger partial charge < -0.3 is 10.6 Å². The summed E-state index contributed by atoms with van der Waals surface area (Å²) in [5, 5.41) is 0. The van der Waals surface area contributed by atoms with E-state index < -0.39 is 16.1 Å². The summed E-state index contributed by atoms with van der Waals surface area (Å²) in [4.78, 5) is 15.6. The Morgan fingerprint density at radius 3 is 2.23 bits per heavy atom. The number of carbonyl (C=O) groups excluding carboxylic acids is 1. The van der Waals surface area contributed by atoms with Crippen LogP contribution in [0, 0.1) is 13.8 Å². The largest absolute Gasteiger partial charge is 0.339 e. The molecule has 1 aliphatic rings. The second-order valence-electron chi connectivity index (χ2n) is 5.30. The highest BCUT2D eigenvalue weighted by molar-refractivity contribution is 7.89. The molecule has 9 heteroatoms. The number of halogens is 1. The average Bonchev–Trinajstić information content (AvgIpc) is 2.77. The van der Waals surface area contributed by atoms with Crippen LogP contribution in [0.3, 0.4) is 0 Å². The van der Waals surface area contributed by atoms with Crippen molar-refractivity contribution in [3.05, 3.63) is 15.8 Å². The molecule has 0 saturated carbocycles. The Balaban J connectivity index is 0.00000242. The predicted octanol–water partition coefficient (Wildman–Crippen LogP) is 0.967. The topological polar surface area (TPSA) is 83.7 Å². The third-order valence-corrected chi connectivity index (χ3v) is 6.67. The maximum absolute atomic E-state index is 12.6. The molecule has 0 aromatic carbocycles. The van der Waals surface area contributed by atoms with E-state index in [0.717, 1.165) is 9.75 Å². The molecule has 1 aromatic rings. The highest BCUT2D eigenvalue weighted by Gasteiger charge is 2.32. The predicted molar refractivity (Wildman–Crippen MR) is 90.0 cm³/mol. The van der Waals surface area contributed by atoms with Crippen LogP contribution in [0.25, 0.3) is 0 Å². The zero-order chi connectivity index (χ0) is 15.8. The van der Waals surface area contributed by atoms with Gasteiger partial charge in [-0.05, 0) is 26.8 Å². The molecule has 0 aliphatic carbocycles. The van der Waals surface area contributed by atoms with Crippen molar-refractivity contribution in [2.24, 2.45) is 5.73 Å². The Bertz CT molecular complexity index is 635. The summed E-state index contributed by atoms with van der Waals surface area (Å²) in [6.45, 7) is 6.77. The van der Waals surface area contributed by atoms with Gasteiger partial charge in [-0.25, -0.2) is 8.42 Å². The van der Waals surface area contributed by atoms with E-state index in [1.54, 1.807) is 17.9 Å². The molecule has 1 amide bonds. The van der Waals surface area contributed by atoms with Crippen LogP contribution < -0.4 is 5.73 Å². The molecule has 0 unspecified atom stereocenters. The van der Waals surface area contributed by atoms with Crippen LogP contribution in [0.4, 0.5) is 0 Å².